The average Bonchev–Trinajstić information content (AvgIpc) is 3.53. The number of nitrogens with zero attached hydrogens (tertiary/aromatic N) is 1. The number of carbonyl (C=O) groups excluding carboxylic acids is 2. The van der Waals surface area contributed by atoms with Gasteiger partial charge in [0.15, 0.2) is 0 Å². The molecule has 3 aromatic rings. The molecule has 3 aromatic carbocycles. The smallest absolute Gasteiger partial charge is 0.255 e. The van der Waals surface area contributed by atoms with Gasteiger partial charge in [-0.1, -0.05) is 42.5 Å². The standard InChI is InChI=1S/C28H28N2O3S/c1-18-10-11-20(16-19(18)2)21-6-3-4-7-24(21)28(32)30-13-15-34-26(30)17-29-27(31)23-8-5-9-25-22(23)12-14-33-25/h3-11,16,26H,12-15,17H2,1-2H3,(H,29,31). The van der Waals surface area contributed by atoms with Crippen LogP contribution in [0.15, 0.2) is 60.7 Å². The molecule has 0 bridgehead atoms. The molecule has 2 aliphatic heterocycles. The summed E-state index contributed by atoms with van der Waals surface area (Å²) in [6.45, 7) is 5.87. The lowest BCUT2D eigenvalue weighted by molar-refractivity contribution is 0.0752. The normalized spacial score (nSPS) is 16.8. The molecule has 34 heavy (non-hydrogen) atoms. The second-order valence-electron chi connectivity index (χ2n) is 8.76. The van der Waals surface area contributed by atoms with Crippen molar-refractivity contribution in [3.63, 3.8) is 0 Å². The fraction of sp³-hybridized carbons (Fsp3) is 0.286. The van der Waals surface area contributed by atoms with Gasteiger partial charge in [-0.05, 0) is 54.3 Å². The van der Waals surface area contributed by atoms with Crippen molar-refractivity contribution in [2.75, 3.05) is 25.4 Å². The van der Waals surface area contributed by atoms with Crippen molar-refractivity contribution in [1.29, 1.82) is 0 Å². The van der Waals surface area contributed by atoms with E-state index in [4.69, 9.17) is 4.74 Å². The summed E-state index contributed by atoms with van der Waals surface area (Å²) in [5, 5.41) is 2.96. The van der Waals surface area contributed by atoms with E-state index >= 15 is 0 Å². The van der Waals surface area contributed by atoms with Gasteiger partial charge in [0, 0.05) is 42.0 Å². The van der Waals surface area contributed by atoms with E-state index in [1.54, 1.807) is 11.8 Å². The fourth-order valence-corrected chi connectivity index (χ4v) is 5.77. The molecule has 174 valence electrons. The summed E-state index contributed by atoms with van der Waals surface area (Å²) in [5.41, 5.74) is 6.75. The highest BCUT2D eigenvalue weighted by Crippen LogP contribution is 2.31. The Bertz CT molecular complexity index is 1260. The molecule has 0 aliphatic carbocycles. The van der Waals surface area contributed by atoms with Crippen LogP contribution in [-0.4, -0.2) is 47.5 Å². The van der Waals surface area contributed by atoms with Crippen LogP contribution in [0.4, 0.5) is 0 Å². The van der Waals surface area contributed by atoms with Crippen molar-refractivity contribution < 1.29 is 14.3 Å². The minimum Gasteiger partial charge on any atom is -0.493 e. The van der Waals surface area contributed by atoms with Crippen molar-refractivity contribution in [2.45, 2.75) is 25.6 Å². The zero-order valence-electron chi connectivity index (χ0n) is 19.5. The SMILES string of the molecule is Cc1ccc(-c2ccccc2C(=O)N2CCSC2CNC(=O)c2cccc3c2CCO3)cc1C. The highest BCUT2D eigenvalue weighted by molar-refractivity contribution is 8.00. The van der Waals surface area contributed by atoms with E-state index < -0.39 is 0 Å². The number of ether oxygens (including phenoxy) is 1. The zero-order valence-corrected chi connectivity index (χ0v) is 20.3. The molecule has 0 spiro atoms. The molecular weight excluding hydrogens is 444 g/mol. The molecule has 5 nitrogen and oxygen atoms in total. The minimum absolute atomic E-state index is 0.00656. The Hall–Kier alpha value is -3.25. The Labute approximate surface area is 204 Å². The van der Waals surface area contributed by atoms with E-state index in [2.05, 4.69) is 37.4 Å². The first-order chi connectivity index (χ1) is 16.5. The van der Waals surface area contributed by atoms with Crippen molar-refractivity contribution in [3.8, 4) is 16.9 Å². The van der Waals surface area contributed by atoms with E-state index in [0.717, 1.165) is 34.6 Å². The third kappa shape index (κ3) is 4.30. The topological polar surface area (TPSA) is 58.6 Å². The van der Waals surface area contributed by atoms with Crippen LogP contribution in [-0.2, 0) is 6.42 Å². The van der Waals surface area contributed by atoms with Crippen LogP contribution in [0.2, 0.25) is 0 Å². The molecule has 1 fully saturated rings. The maximum Gasteiger partial charge on any atom is 0.255 e. The quantitative estimate of drug-likeness (QED) is 0.577. The lowest BCUT2D eigenvalue weighted by Gasteiger charge is -2.25. The first-order valence-corrected chi connectivity index (χ1v) is 12.7. The summed E-state index contributed by atoms with van der Waals surface area (Å²) in [7, 11) is 0. The van der Waals surface area contributed by atoms with E-state index in [1.807, 2.05) is 47.4 Å². The lowest BCUT2D eigenvalue weighted by atomic mass is 9.96. The number of hydrogen-bond acceptors (Lipinski definition) is 4. The molecule has 2 heterocycles. The van der Waals surface area contributed by atoms with Crippen LogP contribution in [0.25, 0.3) is 11.1 Å². The van der Waals surface area contributed by atoms with Crippen LogP contribution in [0.5, 0.6) is 5.75 Å². The molecular formula is C28H28N2O3S. The average molecular weight is 473 g/mol. The van der Waals surface area contributed by atoms with Crippen LogP contribution in [0, 0.1) is 13.8 Å². The van der Waals surface area contributed by atoms with Crippen molar-refractivity contribution >= 4 is 23.6 Å². The molecule has 1 atom stereocenters. The first kappa shape index (κ1) is 22.5. The summed E-state index contributed by atoms with van der Waals surface area (Å²) < 4.78 is 5.59. The monoisotopic (exact) mass is 472 g/mol. The van der Waals surface area contributed by atoms with Gasteiger partial charge in [0.05, 0.1) is 12.0 Å². The van der Waals surface area contributed by atoms with E-state index in [0.29, 0.717) is 30.8 Å². The van der Waals surface area contributed by atoms with Gasteiger partial charge in [-0.15, -0.1) is 11.8 Å². The van der Waals surface area contributed by atoms with Crippen molar-refractivity contribution in [1.82, 2.24) is 10.2 Å². The Morgan fingerprint density at radius 3 is 2.71 bits per heavy atom. The summed E-state index contributed by atoms with van der Waals surface area (Å²) >= 11 is 1.71. The van der Waals surface area contributed by atoms with Gasteiger partial charge in [-0.25, -0.2) is 0 Å². The summed E-state index contributed by atoms with van der Waals surface area (Å²) in [6, 6.07) is 19.7. The second-order valence-corrected chi connectivity index (χ2v) is 10.0. The highest BCUT2D eigenvalue weighted by atomic mass is 32.2. The number of nitrogens with one attached hydrogen (secondary N) is 1. The van der Waals surface area contributed by atoms with E-state index in [9.17, 15) is 9.59 Å². The van der Waals surface area contributed by atoms with Gasteiger partial charge in [0.1, 0.15) is 5.75 Å². The number of hydrogen-bond donors (Lipinski definition) is 1. The van der Waals surface area contributed by atoms with Gasteiger partial charge in [0.25, 0.3) is 11.8 Å². The molecule has 6 heteroatoms. The largest absolute Gasteiger partial charge is 0.493 e. The van der Waals surface area contributed by atoms with Gasteiger partial charge < -0.3 is 15.0 Å². The highest BCUT2D eigenvalue weighted by Gasteiger charge is 2.32. The zero-order chi connectivity index (χ0) is 23.7. The van der Waals surface area contributed by atoms with Crippen LogP contribution >= 0.6 is 11.8 Å². The number of fused-ring (bicyclic) bond motifs is 1. The molecule has 0 radical (unpaired) electrons. The van der Waals surface area contributed by atoms with E-state index in [1.165, 1.54) is 11.1 Å². The minimum atomic E-state index is -0.113. The number of carbonyl (C=O) groups is 2. The van der Waals surface area contributed by atoms with E-state index in [-0.39, 0.29) is 17.2 Å². The Morgan fingerprint density at radius 2 is 1.85 bits per heavy atom. The molecule has 2 amide bonds. The van der Waals surface area contributed by atoms with Gasteiger partial charge in [0.2, 0.25) is 0 Å². The van der Waals surface area contributed by atoms with Crippen molar-refractivity contribution in [2.24, 2.45) is 0 Å². The van der Waals surface area contributed by atoms with Crippen molar-refractivity contribution in [3.05, 3.63) is 88.5 Å². The molecule has 1 saturated heterocycles. The second kappa shape index (κ2) is 9.55. The van der Waals surface area contributed by atoms with Crippen LogP contribution in [0.1, 0.15) is 37.4 Å². The number of thioether (sulfide) groups is 1. The summed E-state index contributed by atoms with van der Waals surface area (Å²) in [6.07, 6.45) is 0.747. The Balaban J connectivity index is 1.33. The van der Waals surface area contributed by atoms with Gasteiger partial charge in [-0.3, -0.25) is 9.59 Å². The number of aryl methyl sites for hydroxylation is 2. The Kier molecular flexibility index (Phi) is 6.33. The number of rotatable bonds is 5. The first-order valence-electron chi connectivity index (χ1n) is 11.6. The Morgan fingerprint density at radius 1 is 1.03 bits per heavy atom. The lowest BCUT2D eigenvalue weighted by Crippen LogP contribution is -2.42. The number of benzene rings is 3. The third-order valence-corrected chi connectivity index (χ3v) is 7.88. The van der Waals surface area contributed by atoms with Crippen LogP contribution in [0.3, 0.4) is 0 Å². The van der Waals surface area contributed by atoms with Crippen LogP contribution < -0.4 is 10.1 Å². The number of amides is 2. The molecule has 0 aromatic heterocycles. The molecule has 2 aliphatic rings. The molecule has 1 unspecified atom stereocenters. The molecule has 5 rings (SSSR count). The van der Waals surface area contributed by atoms with Gasteiger partial charge in [-0.2, -0.15) is 0 Å². The predicted molar refractivity (Wildman–Crippen MR) is 137 cm³/mol. The summed E-state index contributed by atoms with van der Waals surface area (Å²) in [4.78, 5) is 28.5. The maximum atomic E-state index is 13.7. The molecule has 1 N–H and O–H groups in total. The molecule has 0 saturated carbocycles. The third-order valence-electron chi connectivity index (χ3n) is 6.65. The maximum absolute atomic E-state index is 13.7. The predicted octanol–water partition coefficient (Wildman–Crippen LogP) is 4.85. The summed E-state index contributed by atoms with van der Waals surface area (Å²) in [5.74, 6) is 1.54. The fourth-order valence-electron chi connectivity index (χ4n) is 4.62. The van der Waals surface area contributed by atoms with Gasteiger partial charge >= 0.3 is 0 Å².